The van der Waals surface area contributed by atoms with Crippen LogP contribution in [0.15, 0.2) is 47.6 Å². The molecule has 198 valence electrons. The first-order valence-corrected chi connectivity index (χ1v) is 12.7. The molecule has 0 radical (unpaired) electrons. The molecule has 0 bridgehead atoms. The number of nitrogens with zero attached hydrogens (tertiary/aromatic N) is 4. The molecule has 1 saturated carbocycles. The van der Waals surface area contributed by atoms with Gasteiger partial charge in [0.15, 0.2) is 11.0 Å². The maximum absolute atomic E-state index is 14.6. The lowest BCUT2D eigenvalue weighted by atomic mass is 9.93. The molecular formula is C25H23F7N4S. The lowest BCUT2D eigenvalue weighted by Gasteiger charge is -2.21. The van der Waals surface area contributed by atoms with Crippen molar-refractivity contribution in [2.45, 2.75) is 35.8 Å². The molecule has 12 heteroatoms. The van der Waals surface area contributed by atoms with Crippen molar-refractivity contribution in [1.29, 1.82) is 0 Å². The van der Waals surface area contributed by atoms with Gasteiger partial charge >= 0.3 is 12.4 Å². The molecule has 5 rings (SSSR count). The first-order valence-electron chi connectivity index (χ1n) is 11.7. The average molecular weight is 545 g/mol. The third-order valence-corrected chi connectivity index (χ3v) is 8.31. The van der Waals surface area contributed by atoms with Gasteiger partial charge in [-0.1, -0.05) is 30.0 Å². The minimum atomic E-state index is -4.57. The summed E-state index contributed by atoms with van der Waals surface area (Å²) in [5, 5.41) is 8.91. The standard InChI is InChI=1S/C25H23F7N4S/c1-35-21(15-3-5-16(6-4-15)24(27,28)29)33-34-22(35)37-10-2-9-36-13-18-12-23(18,14-36)19-8-7-17(11-20(19)26)25(30,31)32/h3-8,11,18H,2,9-10,12-14H2,1H3/t18-,23-/m0/s1. The topological polar surface area (TPSA) is 34.0 Å². The molecular weight excluding hydrogens is 521 g/mol. The number of likely N-dealkylation sites (tertiary alicyclic amines) is 1. The maximum atomic E-state index is 14.6. The highest BCUT2D eigenvalue weighted by atomic mass is 32.2. The summed E-state index contributed by atoms with van der Waals surface area (Å²) in [6.07, 6.45) is -7.38. The zero-order chi connectivity index (χ0) is 26.6. The van der Waals surface area contributed by atoms with E-state index in [0.29, 0.717) is 34.7 Å². The molecule has 2 aliphatic rings. The number of aromatic nitrogens is 3. The van der Waals surface area contributed by atoms with Crippen molar-refractivity contribution in [1.82, 2.24) is 19.7 Å². The number of fused-ring (bicyclic) bond motifs is 1. The van der Waals surface area contributed by atoms with Gasteiger partial charge in [-0.15, -0.1) is 10.2 Å². The highest BCUT2D eigenvalue weighted by Crippen LogP contribution is 2.59. The van der Waals surface area contributed by atoms with Crippen LogP contribution in [0.5, 0.6) is 0 Å². The predicted octanol–water partition coefficient (Wildman–Crippen LogP) is 6.41. The Labute approximate surface area is 212 Å². The third-order valence-electron chi connectivity index (χ3n) is 7.20. The lowest BCUT2D eigenvalue weighted by molar-refractivity contribution is -0.138. The molecule has 4 nitrogen and oxygen atoms in total. The molecule has 0 N–H and O–H groups in total. The van der Waals surface area contributed by atoms with E-state index in [-0.39, 0.29) is 5.92 Å². The summed E-state index contributed by atoms with van der Waals surface area (Å²) in [6, 6.07) is 7.62. The molecule has 2 heterocycles. The first kappa shape index (κ1) is 26.0. The number of hydrogen-bond acceptors (Lipinski definition) is 4. The fraction of sp³-hybridized carbons (Fsp3) is 0.440. The second kappa shape index (κ2) is 9.30. The van der Waals surface area contributed by atoms with Gasteiger partial charge in [0.1, 0.15) is 5.82 Å². The average Bonchev–Trinajstić information content (AvgIpc) is 3.19. The van der Waals surface area contributed by atoms with Crippen LogP contribution in [0.4, 0.5) is 30.7 Å². The molecule has 2 aromatic carbocycles. The Balaban J connectivity index is 1.14. The highest BCUT2D eigenvalue weighted by Gasteiger charge is 2.61. The van der Waals surface area contributed by atoms with Crippen molar-refractivity contribution in [3.8, 4) is 11.4 Å². The van der Waals surface area contributed by atoms with Crippen molar-refractivity contribution in [2.75, 3.05) is 25.4 Å². The summed E-state index contributed by atoms with van der Waals surface area (Å²) >= 11 is 1.48. The van der Waals surface area contributed by atoms with Crippen LogP contribution in [-0.4, -0.2) is 45.1 Å². The summed E-state index contributed by atoms with van der Waals surface area (Å²) in [5.74, 6) is 0.649. The number of rotatable bonds is 7. The number of benzene rings is 2. The van der Waals surface area contributed by atoms with Crippen LogP contribution in [-0.2, 0) is 24.8 Å². The van der Waals surface area contributed by atoms with E-state index < -0.39 is 34.7 Å². The summed E-state index contributed by atoms with van der Waals surface area (Å²) in [6.45, 7) is 2.16. The van der Waals surface area contributed by atoms with Crippen LogP contribution in [0.1, 0.15) is 29.5 Å². The van der Waals surface area contributed by atoms with Crippen molar-refractivity contribution < 1.29 is 30.7 Å². The minimum absolute atomic E-state index is 0.247. The summed E-state index contributed by atoms with van der Waals surface area (Å²) < 4.78 is 93.4. The normalized spacial score (nSPS) is 21.9. The van der Waals surface area contributed by atoms with Crippen molar-refractivity contribution in [3.05, 3.63) is 65.0 Å². The van der Waals surface area contributed by atoms with Gasteiger partial charge in [-0.05, 0) is 55.1 Å². The number of alkyl halides is 6. The quantitative estimate of drug-likeness (QED) is 0.196. The van der Waals surface area contributed by atoms with Crippen molar-refractivity contribution in [3.63, 3.8) is 0 Å². The zero-order valence-corrected chi connectivity index (χ0v) is 20.5. The van der Waals surface area contributed by atoms with E-state index in [1.807, 2.05) is 0 Å². The van der Waals surface area contributed by atoms with Gasteiger partial charge in [0.25, 0.3) is 0 Å². The maximum Gasteiger partial charge on any atom is 0.416 e. The highest BCUT2D eigenvalue weighted by molar-refractivity contribution is 7.99. The van der Waals surface area contributed by atoms with Gasteiger partial charge in [0.05, 0.1) is 11.1 Å². The fourth-order valence-corrected chi connectivity index (χ4v) is 6.06. The Bertz CT molecular complexity index is 1290. The van der Waals surface area contributed by atoms with Crippen molar-refractivity contribution in [2.24, 2.45) is 13.0 Å². The second-order valence-corrected chi connectivity index (χ2v) is 10.7. The number of thioether (sulfide) groups is 1. The fourth-order valence-electron chi connectivity index (χ4n) is 5.22. The molecule has 1 aromatic heterocycles. The van der Waals surface area contributed by atoms with Crippen molar-refractivity contribution >= 4 is 11.8 Å². The molecule has 0 unspecified atom stereocenters. The van der Waals surface area contributed by atoms with Crippen LogP contribution < -0.4 is 0 Å². The zero-order valence-electron chi connectivity index (χ0n) is 19.7. The Morgan fingerprint density at radius 2 is 1.65 bits per heavy atom. The molecule has 2 fully saturated rings. The minimum Gasteiger partial charge on any atom is -0.305 e. The molecule has 0 spiro atoms. The van der Waals surface area contributed by atoms with Gasteiger partial charge < -0.3 is 9.47 Å². The van der Waals surface area contributed by atoms with E-state index in [9.17, 15) is 30.7 Å². The van der Waals surface area contributed by atoms with Crippen LogP contribution >= 0.6 is 11.8 Å². The van der Waals surface area contributed by atoms with E-state index in [1.165, 1.54) is 30.0 Å². The van der Waals surface area contributed by atoms with E-state index in [2.05, 4.69) is 15.1 Å². The lowest BCUT2D eigenvalue weighted by Crippen LogP contribution is -2.28. The van der Waals surface area contributed by atoms with Gasteiger partial charge in [0.2, 0.25) is 0 Å². The van der Waals surface area contributed by atoms with Crippen LogP contribution in [0.25, 0.3) is 11.4 Å². The number of halogens is 7. The largest absolute Gasteiger partial charge is 0.416 e. The molecule has 37 heavy (non-hydrogen) atoms. The summed E-state index contributed by atoms with van der Waals surface area (Å²) in [4.78, 5) is 2.22. The predicted molar refractivity (Wildman–Crippen MR) is 124 cm³/mol. The molecule has 1 saturated heterocycles. The number of piperidine rings is 1. The molecule has 1 aliphatic heterocycles. The Morgan fingerprint density at radius 3 is 2.30 bits per heavy atom. The second-order valence-electron chi connectivity index (χ2n) is 9.63. The van der Waals surface area contributed by atoms with E-state index in [1.54, 1.807) is 11.6 Å². The van der Waals surface area contributed by atoms with E-state index >= 15 is 0 Å². The van der Waals surface area contributed by atoms with Gasteiger partial charge in [-0.2, -0.15) is 26.3 Å². The SMILES string of the molecule is Cn1c(SCCCN2C[C@@H]3C[C@]3(c3ccc(C(F)(F)F)cc3F)C2)nnc1-c1ccc(C(F)(F)F)cc1. The molecule has 2 atom stereocenters. The van der Waals surface area contributed by atoms with Gasteiger partial charge in [0, 0.05) is 36.9 Å². The van der Waals surface area contributed by atoms with Crippen LogP contribution in [0.2, 0.25) is 0 Å². The summed E-state index contributed by atoms with van der Waals surface area (Å²) in [7, 11) is 1.76. The Morgan fingerprint density at radius 1 is 0.973 bits per heavy atom. The van der Waals surface area contributed by atoms with E-state index in [0.717, 1.165) is 49.9 Å². The Kier molecular flexibility index (Phi) is 6.54. The Hall–Kier alpha value is -2.60. The molecule has 1 aliphatic carbocycles. The van der Waals surface area contributed by atoms with E-state index in [4.69, 9.17) is 0 Å². The van der Waals surface area contributed by atoms with Crippen LogP contribution in [0.3, 0.4) is 0 Å². The van der Waals surface area contributed by atoms with Gasteiger partial charge in [-0.3, -0.25) is 0 Å². The summed E-state index contributed by atoms with van der Waals surface area (Å²) in [5.41, 5.74) is -1.19. The van der Waals surface area contributed by atoms with Crippen LogP contribution in [0, 0.1) is 11.7 Å². The third kappa shape index (κ3) is 5.09. The smallest absolute Gasteiger partial charge is 0.305 e. The number of hydrogen-bond donors (Lipinski definition) is 0. The monoisotopic (exact) mass is 544 g/mol. The molecule has 3 aromatic rings. The molecule has 0 amide bonds. The van der Waals surface area contributed by atoms with Gasteiger partial charge in [-0.25, -0.2) is 4.39 Å². The first-order chi connectivity index (χ1) is 17.4.